The summed E-state index contributed by atoms with van der Waals surface area (Å²) in [5, 5.41) is 0.603. The van der Waals surface area contributed by atoms with Crippen LogP contribution >= 0.6 is 11.8 Å². The summed E-state index contributed by atoms with van der Waals surface area (Å²) >= 11 is 1.12. The Morgan fingerprint density at radius 3 is 2.87 bits per heavy atom. The molecule has 0 saturated heterocycles. The SMILES string of the molecule is CCn1ccnc1SCC(=O)N(Cc1ccco1)CC(F)(F)F. The predicted octanol–water partition coefficient (Wildman–Crippen LogP) is 3.18. The van der Waals surface area contributed by atoms with Crippen LogP contribution in [0.1, 0.15) is 12.7 Å². The van der Waals surface area contributed by atoms with Crippen LogP contribution in [-0.2, 0) is 17.9 Å². The summed E-state index contributed by atoms with van der Waals surface area (Å²) in [6.45, 7) is 1.07. The first-order valence-corrected chi connectivity index (χ1v) is 7.88. The number of amides is 1. The minimum absolute atomic E-state index is 0.117. The molecule has 0 atom stereocenters. The number of alkyl halides is 3. The maximum Gasteiger partial charge on any atom is 0.406 e. The van der Waals surface area contributed by atoms with E-state index >= 15 is 0 Å². The van der Waals surface area contributed by atoms with Gasteiger partial charge in [-0.25, -0.2) is 4.98 Å². The summed E-state index contributed by atoms with van der Waals surface area (Å²) in [7, 11) is 0. The Kier molecular flexibility index (Phi) is 5.75. The zero-order valence-corrected chi connectivity index (χ0v) is 13.2. The molecule has 0 aliphatic heterocycles. The van der Waals surface area contributed by atoms with E-state index in [1.165, 1.54) is 12.3 Å². The van der Waals surface area contributed by atoms with Gasteiger partial charge in [-0.1, -0.05) is 11.8 Å². The molecule has 5 nitrogen and oxygen atoms in total. The third-order valence-electron chi connectivity index (χ3n) is 2.99. The largest absolute Gasteiger partial charge is 0.467 e. The number of nitrogens with zero attached hydrogens (tertiary/aromatic N) is 3. The Balaban J connectivity index is 2.00. The van der Waals surface area contributed by atoms with Gasteiger partial charge < -0.3 is 13.9 Å². The van der Waals surface area contributed by atoms with Crippen LogP contribution in [0.2, 0.25) is 0 Å². The van der Waals surface area contributed by atoms with Gasteiger partial charge in [0.25, 0.3) is 0 Å². The quantitative estimate of drug-likeness (QED) is 0.722. The molecule has 0 fully saturated rings. The van der Waals surface area contributed by atoms with Crippen LogP contribution in [0, 0.1) is 0 Å². The molecule has 0 aliphatic rings. The third-order valence-corrected chi connectivity index (χ3v) is 3.98. The van der Waals surface area contributed by atoms with Crippen LogP contribution in [0.5, 0.6) is 0 Å². The molecule has 23 heavy (non-hydrogen) atoms. The summed E-state index contributed by atoms with van der Waals surface area (Å²) in [5.41, 5.74) is 0. The maximum absolute atomic E-state index is 12.7. The van der Waals surface area contributed by atoms with Crippen LogP contribution < -0.4 is 0 Å². The van der Waals surface area contributed by atoms with Crippen molar-refractivity contribution in [3.05, 3.63) is 36.5 Å². The lowest BCUT2D eigenvalue weighted by Gasteiger charge is -2.22. The molecule has 0 unspecified atom stereocenters. The molecule has 2 heterocycles. The van der Waals surface area contributed by atoms with Gasteiger partial charge in [0.1, 0.15) is 12.3 Å². The van der Waals surface area contributed by atoms with E-state index in [1.54, 1.807) is 18.5 Å². The average molecular weight is 347 g/mol. The molecule has 0 spiro atoms. The number of halogens is 3. The first-order chi connectivity index (χ1) is 10.9. The highest BCUT2D eigenvalue weighted by atomic mass is 32.2. The van der Waals surface area contributed by atoms with Gasteiger partial charge in [-0.05, 0) is 19.1 Å². The summed E-state index contributed by atoms with van der Waals surface area (Å²) in [5.74, 6) is -0.426. The number of furan rings is 1. The van der Waals surface area contributed by atoms with E-state index in [1.807, 2.05) is 11.5 Å². The molecule has 1 amide bonds. The lowest BCUT2D eigenvalue weighted by molar-refractivity contribution is -0.161. The molecule has 0 N–H and O–H groups in total. The molecular formula is C14H16F3N3O2S. The standard InChI is InChI=1S/C14H16F3N3O2S/c1-2-19-6-5-18-13(19)23-9-12(21)20(10-14(15,16)17)8-11-4-3-7-22-11/h3-7H,2,8-10H2,1H3. The highest BCUT2D eigenvalue weighted by Gasteiger charge is 2.33. The lowest BCUT2D eigenvalue weighted by atomic mass is 10.3. The molecular weight excluding hydrogens is 331 g/mol. The minimum atomic E-state index is -4.46. The second-order valence-corrected chi connectivity index (χ2v) is 5.67. The van der Waals surface area contributed by atoms with E-state index < -0.39 is 18.6 Å². The van der Waals surface area contributed by atoms with E-state index in [-0.39, 0.29) is 12.3 Å². The number of hydrogen-bond donors (Lipinski definition) is 0. The Labute approximate surface area is 135 Å². The third kappa shape index (κ3) is 5.34. The predicted molar refractivity (Wildman–Crippen MR) is 78.8 cm³/mol. The second kappa shape index (κ2) is 7.58. The molecule has 2 aromatic rings. The van der Waals surface area contributed by atoms with Crippen molar-refractivity contribution in [2.24, 2.45) is 0 Å². The zero-order valence-electron chi connectivity index (χ0n) is 12.4. The van der Waals surface area contributed by atoms with Crippen molar-refractivity contribution in [1.29, 1.82) is 0 Å². The van der Waals surface area contributed by atoms with Crippen LogP contribution in [0.4, 0.5) is 13.2 Å². The zero-order chi connectivity index (χ0) is 16.9. The van der Waals surface area contributed by atoms with Crippen LogP contribution in [0.15, 0.2) is 40.4 Å². The van der Waals surface area contributed by atoms with Gasteiger partial charge in [-0.3, -0.25) is 4.79 Å². The van der Waals surface area contributed by atoms with Gasteiger partial charge in [0.2, 0.25) is 5.91 Å². The lowest BCUT2D eigenvalue weighted by Crippen LogP contribution is -2.39. The van der Waals surface area contributed by atoms with Crippen LogP contribution in [0.25, 0.3) is 0 Å². The van der Waals surface area contributed by atoms with Crippen molar-refractivity contribution < 1.29 is 22.4 Å². The number of thioether (sulfide) groups is 1. The Morgan fingerprint density at radius 1 is 1.48 bits per heavy atom. The van der Waals surface area contributed by atoms with Crippen molar-refractivity contribution in [3.8, 4) is 0 Å². The summed E-state index contributed by atoms with van der Waals surface area (Å²) in [6, 6.07) is 3.10. The van der Waals surface area contributed by atoms with Gasteiger partial charge in [-0.15, -0.1) is 0 Å². The Hall–Kier alpha value is -1.90. The molecule has 0 radical (unpaired) electrons. The summed E-state index contributed by atoms with van der Waals surface area (Å²) < 4.78 is 44.9. The highest BCUT2D eigenvalue weighted by Crippen LogP contribution is 2.21. The fourth-order valence-corrected chi connectivity index (χ4v) is 2.86. The Morgan fingerprint density at radius 2 is 2.26 bits per heavy atom. The summed E-state index contributed by atoms with van der Waals surface area (Å²) in [4.78, 5) is 17.0. The Bertz CT molecular complexity index is 626. The maximum atomic E-state index is 12.7. The molecule has 0 aliphatic carbocycles. The summed E-state index contributed by atoms with van der Waals surface area (Å²) in [6.07, 6.45) is 0.239. The topological polar surface area (TPSA) is 51.3 Å². The van der Waals surface area contributed by atoms with Crippen LogP contribution in [0.3, 0.4) is 0 Å². The molecule has 0 aromatic carbocycles. The normalized spacial score (nSPS) is 11.7. The van der Waals surface area contributed by atoms with Crippen molar-refractivity contribution in [1.82, 2.24) is 14.5 Å². The fraction of sp³-hybridized carbons (Fsp3) is 0.429. The van der Waals surface area contributed by atoms with Crippen molar-refractivity contribution in [3.63, 3.8) is 0 Å². The first-order valence-electron chi connectivity index (χ1n) is 6.90. The highest BCUT2D eigenvalue weighted by molar-refractivity contribution is 7.99. The molecule has 126 valence electrons. The number of aromatic nitrogens is 2. The molecule has 9 heteroatoms. The number of carbonyl (C=O) groups excluding carboxylic acids is 1. The molecule has 0 saturated carbocycles. The fourth-order valence-electron chi connectivity index (χ4n) is 1.93. The van der Waals surface area contributed by atoms with E-state index in [9.17, 15) is 18.0 Å². The number of aryl methyl sites for hydroxylation is 1. The number of imidazole rings is 1. The van der Waals surface area contributed by atoms with Crippen molar-refractivity contribution >= 4 is 17.7 Å². The first kappa shape index (κ1) is 17.5. The van der Waals surface area contributed by atoms with E-state index in [0.717, 1.165) is 16.7 Å². The van der Waals surface area contributed by atoms with Crippen molar-refractivity contribution in [2.75, 3.05) is 12.3 Å². The van der Waals surface area contributed by atoms with E-state index in [2.05, 4.69) is 4.98 Å². The van der Waals surface area contributed by atoms with Gasteiger partial charge in [0.15, 0.2) is 5.16 Å². The van der Waals surface area contributed by atoms with Crippen molar-refractivity contribution in [2.45, 2.75) is 31.3 Å². The molecule has 2 rings (SSSR count). The van der Waals surface area contributed by atoms with Gasteiger partial charge >= 0.3 is 6.18 Å². The van der Waals surface area contributed by atoms with Crippen LogP contribution in [-0.4, -0.2) is 38.8 Å². The molecule has 0 bridgehead atoms. The van der Waals surface area contributed by atoms with Gasteiger partial charge in [-0.2, -0.15) is 13.2 Å². The number of rotatable bonds is 7. The molecule has 2 aromatic heterocycles. The van der Waals surface area contributed by atoms with E-state index in [4.69, 9.17) is 4.42 Å². The second-order valence-electron chi connectivity index (χ2n) is 4.73. The smallest absolute Gasteiger partial charge is 0.406 e. The van der Waals surface area contributed by atoms with Gasteiger partial charge in [0, 0.05) is 18.9 Å². The average Bonchev–Trinajstić information content (AvgIpc) is 3.13. The number of carbonyl (C=O) groups is 1. The van der Waals surface area contributed by atoms with Gasteiger partial charge in [0.05, 0.1) is 18.6 Å². The minimum Gasteiger partial charge on any atom is -0.467 e. The number of hydrogen-bond acceptors (Lipinski definition) is 4. The monoisotopic (exact) mass is 347 g/mol. The van der Waals surface area contributed by atoms with E-state index in [0.29, 0.717) is 17.5 Å².